The number of nitrogens with two attached hydrogens (primary N) is 1. The fourth-order valence-electron chi connectivity index (χ4n) is 2.31. The van der Waals surface area contributed by atoms with Crippen LogP contribution in [0.15, 0.2) is 36.5 Å². The van der Waals surface area contributed by atoms with Crippen LogP contribution in [-0.2, 0) is 11.3 Å². The molecule has 1 fully saturated rings. The largest absolute Gasteiger partial charge is 0.326 e. The number of carbonyl (C=O) groups is 1. The number of aromatic nitrogens is 2. The van der Waals surface area contributed by atoms with Gasteiger partial charge in [-0.1, -0.05) is 12.1 Å². The molecule has 3 rings (SSSR count). The van der Waals surface area contributed by atoms with Crippen molar-refractivity contribution in [1.82, 2.24) is 9.78 Å². The highest BCUT2D eigenvalue weighted by atomic mass is 16.2. The third-order valence-electron chi connectivity index (χ3n) is 3.83. The Bertz CT molecular complexity index is 645. The Morgan fingerprint density at radius 1 is 1.48 bits per heavy atom. The maximum absolute atomic E-state index is 12.3. The van der Waals surface area contributed by atoms with Crippen LogP contribution in [0.4, 0.5) is 5.69 Å². The average Bonchev–Trinajstić information content (AvgIpc) is 3.24. The SMILES string of the molecule is CC(C(=O)Nc1cccc(CN)c1)n1ccc(C2CC2)n1. The van der Waals surface area contributed by atoms with E-state index in [1.54, 1.807) is 4.68 Å². The van der Waals surface area contributed by atoms with Crippen LogP contribution < -0.4 is 11.1 Å². The van der Waals surface area contributed by atoms with Gasteiger partial charge in [-0.2, -0.15) is 5.10 Å². The molecule has 1 unspecified atom stereocenters. The van der Waals surface area contributed by atoms with Crippen molar-refractivity contribution >= 4 is 11.6 Å². The summed E-state index contributed by atoms with van der Waals surface area (Å²) < 4.78 is 1.73. The van der Waals surface area contributed by atoms with Crippen molar-refractivity contribution < 1.29 is 4.79 Å². The van der Waals surface area contributed by atoms with Gasteiger partial charge >= 0.3 is 0 Å². The second-order valence-corrected chi connectivity index (χ2v) is 5.56. The lowest BCUT2D eigenvalue weighted by molar-refractivity contribution is -0.119. The van der Waals surface area contributed by atoms with E-state index in [0.29, 0.717) is 12.5 Å². The molecule has 1 aromatic heterocycles. The van der Waals surface area contributed by atoms with Crippen molar-refractivity contribution in [2.45, 2.75) is 38.3 Å². The first-order valence-corrected chi connectivity index (χ1v) is 7.32. The summed E-state index contributed by atoms with van der Waals surface area (Å²) in [6, 6.07) is 9.26. The van der Waals surface area contributed by atoms with Crippen LogP contribution in [-0.4, -0.2) is 15.7 Å². The predicted octanol–water partition coefficient (Wildman–Crippen LogP) is 2.42. The van der Waals surface area contributed by atoms with Crippen molar-refractivity contribution in [3.8, 4) is 0 Å². The van der Waals surface area contributed by atoms with E-state index in [0.717, 1.165) is 16.9 Å². The molecular formula is C16H20N4O. The van der Waals surface area contributed by atoms with E-state index in [9.17, 15) is 4.79 Å². The quantitative estimate of drug-likeness (QED) is 0.885. The van der Waals surface area contributed by atoms with Crippen molar-refractivity contribution in [1.29, 1.82) is 0 Å². The Labute approximate surface area is 124 Å². The van der Waals surface area contributed by atoms with Gasteiger partial charge in [-0.15, -0.1) is 0 Å². The van der Waals surface area contributed by atoms with Crippen LogP contribution in [0.2, 0.25) is 0 Å². The molecule has 1 aromatic carbocycles. The van der Waals surface area contributed by atoms with Crippen molar-refractivity contribution in [2.75, 3.05) is 5.32 Å². The minimum atomic E-state index is -0.334. The molecule has 110 valence electrons. The fraction of sp³-hybridized carbons (Fsp3) is 0.375. The molecule has 0 spiro atoms. The summed E-state index contributed by atoms with van der Waals surface area (Å²) in [7, 11) is 0. The van der Waals surface area contributed by atoms with Crippen LogP contribution in [0.1, 0.15) is 43.0 Å². The molecule has 0 radical (unpaired) electrons. The fourth-order valence-corrected chi connectivity index (χ4v) is 2.31. The summed E-state index contributed by atoms with van der Waals surface area (Å²) in [6.45, 7) is 2.31. The van der Waals surface area contributed by atoms with E-state index in [1.165, 1.54) is 12.8 Å². The molecule has 2 aromatic rings. The van der Waals surface area contributed by atoms with Gasteiger partial charge in [-0.3, -0.25) is 9.48 Å². The zero-order valence-electron chi connectivity index (χ0n) is 12.1. The van der Waals surface area contributed by atoms with Gasteiger partial charge in [0.1, 0.15) is 6.04 Å². The van der Waals surface area contributed by atoms with Crippen LogP contribution in [0.25, 0.3) is 0 Å². The van der Waals surface area contributed by atoms with Crippen LogP contribution in [0.3, 0.4) is 0 Å². The van der Waals surface area contributed by atoms with Gasteiger partial charge in [0.25, 0.3) is 0 Å². The molecule has 0 saturated heterocycles. The topological polar surface area (TPSA) is 72.9 Å². The van der Waals surface area contributed by atoms with Gasteiger partial charge in [0.15, 0.2) is 0 Å². The number of nitrogens with one attached hydrogen (secondary N) is 1. The Hall–Kier alpha value is -2.14. The number of anilines is 1. The summed E-state index contributed by atoms with van der Waals surface area (Å²) in [5.74, 6) is 0.525. The molecule has 5 heteroatoms. The minimum absolute atomic E-state index is 0.0744. The van der Waals surface area contributed by atoms with Crippen LogP contribution in [0.5, 0.6) is 0 Å². The van der Waals surface area contributed by atoms with E-state index < -0.39 is 0 Å². The number of carbonyl (C=O) groups excluding carboxylic acids is 1. The Morgan fingerprint density at radius 2 is 2.29 bits per heavy atom. The van der Waals surface area contributed by atoms with Crippen molar-refractivity contribution in [3.05, 3.63) is 47.8 Å². The zero-order chi connectivity index (χ0) is 14.8. The Balaban J connectivity index is 1.68. The molecule has 1 heterocycles. The molecule has 3 N–H and O–H groups in total. The first kappa shape index (κ1) is 13.8. The average molecular weight is 284 g/mol. The molecule has 21 heavy (non-hydrogen) atoms. The minimum Gasteiger partial charge on any atom is -0.326 e. The van der Waals surface area contributed by atoms with Gasteiger partial charge in [-0.05, 0) is 43.5 Å². The molecular weight excluding hydrogens is 264 g/mol. The number of rotatable bonds is 5. The summed E-state index contributed by atoms with van der Waals surface area (Å²) in [5, 5.41) is 7.42. The highest BCUT2D eigenvalue weighted by Gasteiger charge is 2.27. The highest BCUT2D eigenvalue weighted by Crippen LogP contribution is 2.39. The smallest absolute Gasteiger partial charge is 0.248 e. The normalized spacial score (nSPS) is 15.7. The molecule has 0 aliphatic heterocycles. The van der Waals surface area contributed by atoms with Gasteiger partial charge in [-0.25, -0.2) is 0 Å². The summed E-state index contributed by atoms with van der Waals surface area (Å²) in [6.07, 6.45) is 4.31. The molecule has 1 atom stereocenters. The molecule has 1 amide bonds. The number of nitrogens with zero attached hydrogens (tertiary/aromatic N) is 2. The second-order valence-electron chi connectivity index (χ2n) is 5.56. The molecule has 5 nitrogen and oxygen atoms in total. The van der Waals surface area contributed by atoms with Crippen LogP contribution >= 0.6 is 0 Å². The molecule has 1 saturated carbocycles. The van der Waals surface area contributed by atoms with Gasteiger partial charge in [0.05, 0.1) is 5.69 Å². The van der Waals surface area contributed by atoms with E-state index in [1.807, 2.05) is 43.5 Å². The van der Waals surface area contributed by atoms with Gasteiger partial charge in [0, 0.05) is 24.3 Å². The molecule has 1 aliphatic rings. The van der Waals surface area contributed by atoms with Gasteiger partial charge < -0.3 is 11.1 Å². The lowest BCUT2D eigenvalue weighted by atomic mass is 10.2. The standard InChI is InChI=1S/C16H20N4O/c1-11(20-8-7-15(19-20)13-5-6-13)16(21)18-14-4-2-3-12(9-14)10-17/h2-4,7-9,11,13H,5-6,10,17H2,1H3,(H,18,21). The maximum atomic E-state index is 12.3. The lowest BCUT2D eigenvalue weighted by Gasteiger charge is -2.13. The van der Waals surface area contributed by atoms with Crippen molar-refractivity contribution in [3.63, 3.8) is 0 Å². The lowest BCUT2D eigenvalue weighted by Crippen LogP contribution is -2.24. The number of hydrogen-bond acceptors (Lipinski definition) is 3. The second kappa shape index (κ2) is 5.69. The summed E-state index contributed by atoms with van der Waals surface area (Å²) >= 11 is 0. The highest BCUT2D eigenvalue weighted by molar-refractivity contribution is 5.93. The molecule has 0 bridgehead atoms. The van der Waals surface area contributed by atoms with E-state index >= 15 is 0 Å². The zero-order valence-corrected chi connectivity index (χ0v) is 12.1. The first-order valence-electron chi connectivity index (χ1n) is 7.32. The number of amides is 1. The number of benzene rings is 1. The molecule has 1 aliphatic carbocycles. The monoisotopic (exact) mass is 284 g/mol. The van der Waals surface area contributed by atoms with Gasteiger partial charge in [0.2, 0.25) is 5.91 Å². The summed E-state index contributed by atoms with van der Waals surface area (Å²) in [4.78, 5) is 12.3. The predicted molar refractivity (Wildman–Crippen MR) is 81.9 cm³/mol. The summed E-state index contributed by atoms with van der Waals surface area (Å²) in [5.41, 5.74) is 8.47. The Kier molecular flexibility index (Phi) is 3.75. The maximum Gasteiger partial charge on any atom is 0.248 e. The number of hydrogen-bond donors (Lipinski definition) is 2. The third kappa shape index (κ3) is 3.13. The van der Waals surface area contributed by atoms with Crippen molar-refractivity contribution in [2.24, 2.45) is 5.73 Å². The van der Waals surface area contributed by atoms with E-state index in [4.69, 9.17) is 5.73 Å². The Morgan fingerprint density at radius 3 is 3.00 bits per heavy atom. The van der Waals surface area contributed by atoms with E-state index in [2.05, 4.69) is 10.4 Å². The third-order valence-corrected chi connectivity index (χ3v) is 3.83. The van der Waals surface area contributed by atoms with Crippen LogP contribution in [0, 0.1) is 0 Å². The van der Waals surface area contributed by atoms with E-state index in [-0.39, 0.29) is 11.9 Å². The first-order chi connectivity index (χ1) is 10.2.